The smallest absolute Gasteiger partial charge is 0.143 e. The van der Waals surface area contributed by atoms with E-state index in [4.69, 9.17) is 4.42 Å². The third-order valence-corrected chi connectivity index (χ3v) is 33.8. The molecule has 28 rings (SSSR count). The van der Waals surface area contributed by atoms with Gasteiger partial charge >= 0.3 is 0 Å². The summed E-state index contributed by atoms with van der Waals surface area (Å²) < 4.78 is 12.0. The van der Waals surface area contributed by atoms with Crippen molar-refractivity contribution in [2.45, 2.75) is 96.3 Å². The Kier molecular flexibility index (Phi) is 19.1. The fourth-order valence-corrected chi connectivity index (χ4v) is 26.8. The van der Waals surface area contributed by atoms with E-state index in [1.165, 1.54) is 218 Å². The minimum atomic E-state index is -0.169. The van der Waals surface area contributed by atoms with Crippen molar-refractivity contribution >= 4 is 147 Å². The van der Waals surface area contributed by atoms with Gasteiger partial charge in [0.2, 0.25) is 0 Å². The Labute approximate surface area is 820 Å². The van der Waals surface area contributed by atoms with Gasteiger partial charge in [0.15, 0.2) is 0 Å². The minimum absolute atomic E-state index is 0.0541. The molecule has 0 radical (unpaired) electrons. The van der Waals surface area contributed by atoms with Crippen LogP contribution in [0.1, 0.15) is 125 Å². The van der Waals surface area contributed by atoms with Gasteiger partial charge in [0.05, 0.1) is 0 Å². The lowest BCUT2D eigenvalue weighted by Gasteiger charge is -2.29. The predicted octanol–water partition coefficient (Wildman–Crippen LogP) is 38.1. The third kappa shape index (κ3) is 13.0. The molecule has 0 N–H and O–H groups in total. The van der Waals surface area contributed by atoms with E-state index >= 15 is 0 Å². The molecule has 6 heteroatoms. The molecular formula is C133H101N3OS2. The number of hydrogen-bond donors (Lipinski definition) is 0. The number of fused-ring (bicyclic) bond motifs is 28. The van der Waals surface area contributed by atoms with Crippen molar-refractivity contribution in [2.75, 3.05) is 14.7 Å². The van der Waals surface area contributed by atoms with E-state index in [1.54, 1.807) is 0 Å². The molecule has 0 saturated heterocycles. The van der Waals surface area contributed by atoms with Crippen molar-refractivity contribution in [3.63, 3.8) is 0 Å². The van der Waals surface area contributed by atoms with Crippen LogP contribution in [0.2, 0.25) is 0 Å². The Hall–Kier alpha value is -15.7. The van der Waals surface area contributed by atoms with E-state index in [2.05, 4.69) is 509 Å². The molecule has 0 fully saturated rings. The Bertz CT molecular complexity index is 8660. The normalized spacial score (nSPS) is 14.4. The van der Waals surface area contributed by atoms with Crippen LogP contribution in [0, 0.1) is 0 Å². The molecular weight excluding hydrogens is 1720 g/mol. The van der Waals surface area contributed by atoms with E-state index in [1.807, 2.05) is 28.7 Å². The second-order valence-electron chi connectivity index (χ2n) is 40.9. The lowest BCUT2D eigenvalue weighted by Crippen LogP contribution is -2.18. The second-order valence-corrected chi connectivity index (χ2v) is 43.0. The molecule has 5 aliphatic rings. The van der Waals surface area contributed by atoms with Crippen molar-refractivity contribution in [3.05, 3.63) is 486 Å². The molecule has 0 saturated carbocycles. The molecule has 4 nitrogen and oxygen atoms in total. The molecule has 0 spiro atoms. The highest BCUT2D eigenvalue weighted by Crippen LogP contribution is 2.61. The Balaban J connectivity index is 0.000000108. The number of anilines is 9. The number of rotatable bonds is 11. The van der Waals surface area contributed by atoms with Crippen LogP contribution in [0.3, 0.4) is 0 Å². The largest absolute Gasteiger partial charge is 0.455 e. The average molecular weight is 1820 g/mol. The first-order valence-electron chi connectivity index (χ1n) is 48.7. The molecule has 0 unspecified atom stereocenters. The fourth-order valence-electron chi connectivity index (χ4n) is 24.3. The first kappa shape index (κ1) is 83.9. The third-order valence-electron chi connectivity index (χ3n) is 31.4. The van der Waals surface area contributed by atoms with E-state index in [9.17, 15) is 0 Å². The number of nitrogens with zero attached hydrogens (tertiary/aromatic N) is 3. The molecule has 23 aromatic rings. The van der Waals surface area contributed by atoms with Crippen LogP contribution < -0.4 is 14.7 Å². The van der Waals surface area contributed by atoms with Crippen molar-refractivity contribution in [3.8, 4) is 77.9 Å². The summed E-state index contributed by atoms with van der Waals surface area (Å²) in [5, 5.41) is 10.3. The molecule has 0 aliphatic heterocycles. The molecule has 20 aromatic carbocycles. The number of furan rings is 1. The molecule has 0 bridgehead atoms. The summed E-state index contributed by atoms with van der Waals surface area (Å²) in [4.78, 5) is 7.28. The summed E-state index contributed by atoms with van der Waals surface area (Å²) in [5.74, 6) is 0. The van der Waals surface area contributed by atoms with Crippen LogP contribution in [0.5, 0.6) is 0 Å². The highest BCUT2D eigenvalue weighted by atomic mass is 32.1. The predicted molar refractivity (Wildman–Crippen MR) is 593 cm³/mol. The summed E-state index contributed by atoms with van der Waals surface area (Å²) in [6, 6.07) is 159. The van der Waals surface area contributed by atoms with Crippen molar-refractivity contribution in [1.82, 2.24) is 0 Å². The lowest BCUT2D eigenvalue weighted by atomic mass is 9.82. The van der Waals surface area contributed by atoms with Crippen LogP contribution in [0.25, 0.3) is 151 Å². The van der Waals surface area contributed by atoms with Gasteiger partial charge in [0, 0.05) is 146 Å². The lowest BCUT2D eigenvalue weighted by molar-refractivity contribution is 0.653. The van der Waals surface area contributed by atoms with E-state index < -0.39 is 0 Å². The zero-order valence-corrected chi connectivity index (χ0v) is 81.2. The summed E-state index contributed by atoms with van der Waals surface area (Å²) in [5.41, 5.74) is 43.9. The maximum Gasteiger partial charge on any atom is 0.143 e. The summed E-state index contributed by atoms with van der Waals surface area (Å²) >= 11 is 3.86. The quantitative estimate of drug-likeness (QED) is 0.129. The fraction of sp³-hybridized carbons (Fsp3) is 0.113. The zero-order chi connectivity index (χ0) is 93.7. The summed E-state index contributed by atoms with van der Waals surface area (Å²) in [6.07, 6.45) is 0. The van der Waals surface area contributed by atoms with Crippen LogP contribution >= 0.6 is 22.7 Å². The number of benzene rings is 20. The Morgan fingerprint density at radius 3 is 1.00 bits per heavy atom. The number of para-hydroxylation sites is 3. The van der Waals surface area contributed by atoms with Gasteiger partial charge in [0.25, 0.3) is 0 Å². The molecule has 0 atom stereocenters. The van der Waals surface area contributed by atoms with Gasteiger partial charge in [-0.2, -0.15) is 0 Å². The maximum absolute atomic E-state index is 6.54. The van der Waals surface area contributed by atoms with Crippen molar-refractivity contribution in [2.24, 2.45) is 0 Å². The SMILES string of the molecule is CC1(C)c2cc(N(c3ccc(-c4ccccc4)cc3)c3cccc(-c4cccc5ccccc45)c3)ccc2-c2c1ccc1c2sc2ccccc21.CC1(C)c2ccccc2-c2ccc(N(c3ccccc3)c3ccc4c(c3)C(C)(C)c3ccc5c(oc6ccccc65)c3-4)cc21.CC1(C)c2ccccc2-c2ccc(N(c3ccccc3)c3ccc4c(c3)C(C)(C)c3ccc5c(sc6ccccc65)c3-4)cc21. The zero-order valence-electron chi connectivity index (χ0n) is 79.6. The number of thiophene rings is 2. The topological polar surface area (TPSA) is 22.9 Å². The van der Waals surface area contributed by atoms with Crippen LogP contribution in [0.15, 0.2) is 435 Å². The Morgan fingerprint density at radius 1 is 0.187 bits per heavy atom. The van der Waals surface area contributed by atoms with Crippen LogP contribution in [-0.2, 0) is 27.1 Å². The van der Waals surface area contributed by atoms with Crippen molar-refractivity contribution < 1.29 is 4.42 Å². The summed E-state index contributed by atoms with van der Waals surface area (Å²) in [6.45, 7) is 23.7. The van der Waals surface area contributed by atoms with Gasteiger partial charge in [-0.05, 0) is 255 Å². The van der Waals surface area contributed by atoms with Gasteiger partial charge < -0.3 is 19.1 Å². The van der Waals surface area contributed by atoms with Crippen molar-refractivity contribution in [1.29, 1.82) is 0 Å². The van der Waals surface area contributed by atoms with Crippen LogP contribution in [-0.4, -0.2) is 0 Å². The molecule has 5 aliphatic carbocycles. The molecule has 3 aromatic heterocycles. The molecule has 139 heavy (non-hydrogen) atoms. The highest BCUT2D eigenvalue weighted by molar-refractivity contribution is 7.26. The van der Waals surface area contributed by atoms with Gasteiger partial charge in [-0.15, -0.1) is 22.7 Å². The van der Waals surface area contributed by atoms with Gasteiger partial charge in [-0.1, -0.05) is 373 Å². The number of hydrogen-bond acceptors (Lipinski definition) is 6. The standard InChI is InChI=1S/C49H35NS.C42H33NO.C42H33NS/c1-49(2)44-29-28-42-41-19-8-9-21-46(41)51-48(42)47(44)43-27-26-38(31-45(43)49)50(36-24-22-33(23-25-36)32-12-4-3-5-13-32)37-17-10-16-35(30-37)40-20-11-15-34-14-6-7-18-39(34)40;2*1-41(2)34-16-10-8-14-29(34)30-20-18-27(24-36(30)41)43(26-12-6-5-7-13-26)28-19-21-33-37(25-28)42(3,4)35-23-22-32-31-15-9-11-17-38(31)44-40(32)39(33)35/h3-31H,1-2H3;2*5-25H,1-4H3. The van der Waals surface area contributed by atoms with Crippen LogP contribution in [0.4, 0.5) is 51.2 Å². The molecule has 666 valence electrons. The van der Waals surface area contributed by atoms with Gasteiger partial charge in [-0.25, -0.2) is 0 Å². The van der Waals surface area contributed by atoms with E-state index in [-0.39, 0.29) is 27.1 Å². The first-order chi connectivity index (χ1) is 67.7. The Morgan fingerprint density at radius 2 is 0.504 bits per heavy atom. The second kappa shape index (κ2) is 31.7. The van der Waals surface area contributed by atoms with Gasteiger partial charge in [0.1, 0.15) is 11.2 Å². The molecule has 3 heterocycles. The maximum atomic E-state index is 6.54. The minimum Gasteiger partial charge on any atom is -0.455 e. The monoisotopic (exact) mass is 1820 g/mol. The summed E-state index contributed by atoms with van der Waals surface area (Å²) in [7, 11) is 0. The van der Waals surface area contributed by atoms with E-state index in [0.29, 0.717) is 0 Å². The van der Waals surface area contributed by atoms with Gasteiger partial charge in [-0.3, -0.25) is 0 Å². The van der Waals surface area contributed by atoms with E-state index in [0.717, 1.165) is 39.6 Å². The average Bonchev–Trinajstić information content (AvgIpc) is 1.55. The first-order valence-corrected chi connectivity index (χ1v) is 50.4. The molecule has 0 amide bonds. The highest BCUT2D eigenvalue weighted by Gasteiger charge is 2.44.